The third kappa shape index (κ3) is 4.02. The van der Waals surface area contributed by atoms with E-state index < -0.39 is 44.4 Å². The molecule has 4 fully saturated rings. The number of carbonyl (C=O) groups is 2. The van der Waals surface area contributed by atoms with E-state index in [2.05, 4.69) is 4.74 Å². The van der Waals surface area contributed by atoms with Crippen molar-refractivity contribution in [1.82, 2.24) is 0 Å². The summed E-state index contributed by atoms with van der Waals surface area (Å²) in [6.07, 6.45) is 3.80. The molecule has 0 heterocycles. The van der Waals surface area contributed by atoms with Crippen molar-refractivity contribution < 1.29 is 40.8 Å². The highest BCUT2D eigenvalue weighted by atomic mass is 32.2. The number of halogens is 2. The molecule has 29 heavy (non-hydrogen) atoms. The summed E-state index contributed by atoms with van der Waals surface area (Å²) in [5.41, 5.74) is -2.57. The topological polar surface area (TPSA) is 107 Å². The fourth-order valence-corrected chi connectivity index (χ4v) is 5.60. The van der Waals surface area contributed by atoms with Crippen LogP contribution in [0.5, 0.6) is 0 Å². The Morgan fingerprint density at radius 3 is 2.17 bits per heavy atom. The van der Waals surface area contributed by atoms with E-state index in [4.69, 9.17) is 9.29 Å². The lowest BCUT2D eigenvalue weighted by Crippen LogP contribution is -2.60. The van der Waals surface area contributed by atoms with E-state index >= 15 is 0 Å². The molecule has 4 rings (SSSR count). The molecule has 0 aromatic heterocycles. The molecule has 2 unspecified atom stereocenters. The Hall–Kier alpha value is -1.29. The van der Waals surface area contributed by atoms with Gasteiger partial charge >= 0.3 is 27.3 Å². The van der Waals surface area contributed by atoms with Gasteiger partial charge in [-0.15, -0.1) is 0 Å². The summed E-state index contributed by atoms with van der Waals surface area (Å²) in [6, 6.07) is 0. The molecule has 0 spiro atoms. The summed E-state index contributed by atoms with van der Waals surface area (Å²) in [4.78, 5) is 25.5. The monoisotopic (exact) mass is 438 g/mol. The molecule has 1 N–H and O–H groups in total. The molecule has 166 valence electrons. The van der Waals surface area contributed by atoms with Gasteiger partial charge < -0.3 is 9.47 Å². The molecule has 4 saturated carbocycles. The van der Waals surface area contributed by atoms with Crippen LogP contribution in [-0.2, 0) is 29.2 Å². The van der Waals surface area contributed by atoms with Crippen molar-refractivity contribution in [2.45, 2.75) is 76.6 Å². The molecule has 7 nitrogen and oxygen atoms in total. The van der Waals surface area contributed by atoms with Gasteiger partial charge in [-0.2, -0.15) is 17.2 Å². The molecule has 0 aromatic carbocycles. The quantitative estimate of drug-likeness (QED) is 0.480. The fourth-order valence-electron chi connectivity index (χ4n) is 5.39. The third-order valence-electron chi connectivity index (χ3n) is 6.93. The van der Waals surface area contributed by atoms with Crippen LogP contribution in [0.2, 0.25) is 0 Å². The standard InChI is InChI=1S/C19H28F2O7S/c1-4-16(2,3)14(22)28-18-8-12-5-13(9-18)7-17(6-12,10-18)15(23)27-11-19(20,21)29(24,25)26/h12-13H,4-11H2,1-3H3,(H,24,25,26). The summed E-state index contributed by atoms with van der Waals surface area (Å²) in [5, 5.41) is -4.57. The van der Waals surface area contributed by atoms with Crippen molar-refractivity contribution in [1.29, 1.82) is 0 Å². The Balaban J connectivity index is 1.78. The largest absolute Gasteiger partial charge is 0.459 e. The summed E-state index contributed by atoms with van der Waals surface area (Å²) >= 11 is 0. The second kappa shape index (κ2) is 6.87. The lowest BCUT2D eigenvalue weighted by atomic mass is 9.48. The lowest BCUT2D eigenvalue weighted by molar-refractivity contribution is -0.219. The Morgan fingerprint density at radius 1 is 1.14 bits per heavy atom. The van der Waals surface area contributed by atoms with Crippen molar-refractivity contribution in [3.8, 4) is 0 Å². The minimum atomic E-state index is -5.68. The van der Waals surface area contributed by atoms with Gasteiger partial charge in [-0.3, -0.25) is 14.1 Å². The second-order valence-corrected chi connectivity index (χ2v) is 11.3. The first-order valence-electron chi connectivity index (χ1n) is 9.89. The SMILES string of the molecule is CCC(C)(C)C(=O)OC12CC3CC(C1)CC(C(=O)OCC(F)(F)S(=O)(=O)O)(C3)C2. The number of hydrogen-bond donors (Lipinski definition) is 1. The predicted molar refractivity (Wildman–Crippen MR) is 97.5 cm³/mol. The van der Waals surface area contributed by atoms with Crippen LogP contribution in [0.3, 0.4) is 0 Å². The van der Waals surface area contributed by atoms with Crippen LogP contribution in [0.1, 0.15) is 65.7 Å². The Labute approximate surface area is 169 Å². The molecular formula is C19H28F2O7S. The Morgan fingerprint density at radius 2 is 1.69 bits per heavy atom. The van der Waals surface area contributed by atoms with Crippen molar-refractivity contribution in [2.75, 3.05) is 6.61 Å². The third-order valence-corrected chi connectivity index (χ3v) is 7.81. The first-order chi connectivity index (χ1) is 13.1. The number of hydrogen-bond acceptors (Lipinski definition) is 6. The van der Waals surface area contributed by atoms with E-state index in [1.54, 1.807) is 13.8 Å². The molecule has 0 amide bonds. The van der Waals surface area contributed by atoms with Gasteiger partial charge in [0.1, 0.15) is 5.60 Å². The maximum atomic E-state index is 13.5. The van der Waals surface area contributed by atoms with Crippen LogP contribution >= 0.6 is 0 Å². The predicted octanol–water partition coefficient (Wildman–Crippen LogP) is 3.33. The minimum absolute atomic E-state index is 0.114. The van der Waals surface area contributed by atoms with Gasteiger partial charge in [0.05, 0.1) is 10.8 Å². The summed E-state index contributed by atoms with van der Waals surface area (Å²) in [5.74, 6) is -1.03. The number of rotatable bonds is 7. The molecule has 0 aromatic rings. The van der Waals surface area contributed by atoms with E-state index in [1.807, 2.05) is 6.92 Å². The van der Waals surface area contributed by atoms with Gasteiger partial charge in [0, 0.05) is 6.42 Å². The van der Waals surface area contributed by atoms with Crippen molar-refractivity contribution >= 4 is 22.1 Å². The fraction of sp³-hybridized carbons (Fsp3) is 0.895. The molecule has 4 bridgehead atoms. The molecule has 2 atom stereocenters. The molecule has 0 saturated heterocycles. The van der Waals surface area contributed by atoms with Gasteiger partial charge in [0.25, 0.3) is 0 Å². The first-order valence-corrected chi connectivity index (χ1v) is 11.3. The van der Waals surface area contributed by atoms with E-state index in [1.165, 1.54) is 0 Å². The van der Waals surface area contributed by atoms with Crippen LogP contribution in [0.25, 0.3) is 0 Å². The maximum Gasteiger partial charge on any atom is 0.402 e. The number of ether oxygens (including phenoxy) is 2. The highest BCUT2D eigenvalue weighted by Crippen LogP contribution is 2.63. The normalized spacial score (nSPS) is 34.1. The molecule has 4 aliphatic rings. The zero-order valence-corrected chi connectivity index (χ0v) is 17.7. The summed E-state index contributed by atoms with van der Waals surface area (Å²) in [6.45, 7) is 3.72. The van der Waals surface area contributed by atoms with E-state index in [-0.39, 0.29) is 24.2 Å². The summed E-state index contributed by atoms with van der Waals surface area (Å²) in [7, 11) is -5.68. The van der Waals surface area contributed by atoms with Crippen molar-refractivity contribution in [3.63, 3.8) is 0 Å². The number of esters is 2. The maximum absolute atomic E-state index is 13.5. The van der Waals surface area contributed by atoms with Gasteiger partial charge in [-0.05, 0) is 64.2 Å². The van der Waals surface area contributed by atoms with Gasteiger partial charge in [-0.1, -0.05) is 6.92 Å². The van der Waals surface area contributed by atoms with Gasteiger partial charge in [0.2, 0.25) is 0 Å². The van der Waals surface area contributed by atoms with E-state index in [0.29, 0.717) is 32.1 Å². The van der Waals surface area contributed by atoms with Gasteiger partial charge in [0.15, 0.2) is 6.61 Å². The molecule has 0 radical (unpaired) electrons. The van der Waals surface area contributed by atoms with E-state index in [0.717, 1.165) is 6.42 Å². The summed E-state index contributed by atoms with van der Waals surface area (Å²) < 4.78 is 67.8. The molecule has 4 aliphatic carbocycles. The molecule has 10 heteroatoms. The molecular weight excluding hydrogens is 410 g/mol. The number of carbonyl (C=O) groups excluding carboxylic acids is 2. The minimum Gasteiger partial charge on any atom is -0.459 e. The van der Waals surface area contributed by atoms with Crippen LogP contribution < -0.4 is 0 Å². The Kier molecular flexibility index (Phi) is 5.30. The average molecular weight is 438 g/mol. The van der Waals surface area contributed by atoms with Crippen molar-refractivity contribution in [3.05, 3.63) is 0 Å². The van der Waals surface area contributed by atoms with Crippen molar-refractivity contribution in [2.24, 2.45) is 22.7 Å². The highest BCUT2D eigenvalue weighted by molar-refractivity contribution is 7.86. The van der Waals surface area contributed by atoms with E-state index in [9.17, 15) is 26.8 Å². The first kappa shape index (κ1) is 22.4. The highest BCUT2D eigenvalue weighted by Gasteiger charge is 2.63. The Bertz CT molecular complexity index is 791. The zero-order chi connectivity index (χ0) is 21.9. The molecule has 0 aliphatic heterocycles. The second-order valence-electron chi connectivity index (χ2n) is 9.74. The smallest absolute Gasteiger partial charge is 0.402 e. The van der Waals surface area contributed by atoms with Crippen LogP contribution in [0, 0.1) is 22.7 Å². The van der Waals surface area contributed by atoms with Gasteiger partial charge in [-0.25, -0.2) is 0 Å². The zero-order valence-electron chi connectivity index (χ0n) is 16.9. The average Bonchev–Trinajstić information content (AvgIpc) is 2.57. The van der Waals surface area contributed by atoms with Crippen LogP contribution in [0.15, 0.2) is 0 Å². The van der Waals surface area contributed by atoms with Crippen LogP contribution in [-0.4, -0.2) is 42.4 Å². The van der Waals surface area contributed by atoms with Crippen LogP contribution in [0.4, 0.5) is 8.78 Å². The lowest BCUT2D eigenvalue weighted by Gasteiger charge is -2.60. The number of alkyl halides is 2.